The van der Waals surface area contributed by atoms with Gasteiger partial charge >= 0.3 is 0 Å². The van der Waals surface area contributed by atoms with Crippen LogP contribution in [-0.4, -0.2) is 47.2 Å². The highest BCUT2D eigenvalue weighted by molar-refractivity contribution is 8.00. The number of aromatic nitrogens is 1. The Balaban J connectivity index is 1.92. The first-order valence-corrected chi connectivity index (χ1v) is 6.92. The average molecular weight is 266 g/mol. The number of nitrogen functional groups attached to an aromatic ring is 1. The fraction of sp³-hybridized carbons (Fsp3) is 0.500. The van der Waals surface area contributed by atoms with E-state index in [1.165, 1.54) is 11.8 Å². The molecule has 1 fully saturated rings. The molecule has 6 heteroatoms. The van der Waals surface area contributed by atoms with Gasteiger partial charge in [0.1, 0.15) is 0 Å². The summed E-state index contributed by atoms with van der Waals surface area (Å²) in [5.41, 5.74) is 6.22. The van der Waals surface area contributed by atoms with E-state index in [-0.39, 0.29) is 11.2 Å². The Labute approximate surface area is 111 Å². The Hall–Kier alpha value is -1.27. The number of rotatable bonds is 3. The summed E-state index contributed by atoms with van der Waals surface area (Å²) >= 11 is 1.48. The Morgan fingerprint density at radius 2 is 2.22 bits per heavy atom. The average Bonchev–Trinajstić information content (AvgIpc) is 2.41. The van der Waals surface area contributed by atoms with Gasteiger partial charge in [0.25, 0.3) is 0 Å². The molecule has 0 aliphatic carbocycles. The summed E-state index contributed by atoms with van der Waals surface area (Å²) in [6.07, 6.45) is 1.62. The third-order valence-corrected chi connectivity index (χ3v) is 3.87. The number of thioether (sulfide) groups is 1. The monoisotopic (exact) mass is 266 g/mol. The van der Waals surface area contributed by atoms with Crippen LogP contribution < -0.4 is 11.1 Å². The van der Waals surface area contributed by atoms with E-state index >= 15 is 0 Å². The van der Waals surface area contributed by atoms with Gasteiger partial charge in [-0.15, -0.1) is 0 Å². The highest BCUT2D eigenvalue weighted by Gasteiger charge is 2.22. The number of hydrogen-bond acceptors (Lipinski definition) is 5. The van der Waals surface area contributed by atoms with Gasteiger partial charge in [-0.1, -0.05) is 11.8 Å². The van der Waals surface area contributed by atoms with Gasteiger partial charge in [0.15, 0.2) is 0 Å². The number of anilines is 1. The Morgan fingerprint density at radius 1 is 1.50 bits per heavy atom. The van der Waals surface area contributed by atoms with Gasteiger partial charge in [-0.05, 0) is 19.1 Å². The Kier molecular flexibility index (Phi) is 4.43. The molecule has 0 aromatic carbocycles. The van der Waals surface area contributed by atoms with Crippen LogP contribution in [0.2, 0.25) is 0 Å². The minimum absolute atomic E-state index is 0.112. The second-order valence-corrected chi connectivity index (χ2v) is 5.63. The van der Waals surface area contributed by atoms with Gasteiger partial charge in [-0.2, -0.15) is 0 Å². The highest BCUT2D eigenvalue weighted by Crippen LogP contribution is 2.23. The fourth-order valence-corrected chi connectivity index (χ4v) is 2.71. The molecule has 18 heavy (non-hydrogen) atoms. The van der Waals surface area contributed by atoms with Crippen molar-refractivity contribution in [2.24, 2.45) is 0 Å². The number of nitrogens with zero attached hydrogens (tertiary/aromatic N) is 2. The third-order valence-electron chi connectivity index (χ3n) is 2.83. The van der Waals surface area contributed by atoms with Crippen molar-refractivity contribution in [2.45, 2.75) is 17.2 Å². The number of nitrogens with one attached hydrogen (secondary N) is 1. The van der Waals surface area contributed by atoms with Crippen LogP contribution >= 0.6 is 11.8 Å². The van der Waals surface area contributed by atoms with E-state index in [1.54, 1.807) is 12.3 Å². The van der Waals surface area contributed by atoms with E-state index in [4.69, 9.17) is 5.73 Å². The van der Waals surface area contributed by atoms with Crippen LogP contribution in [0.3, 0.4) is 0 Å². The predicted molar refractivity (Wildman–Crippen MR) is 73.4 cm³/mol. The van der Waals surface area contributed by atoms with Crippen molar-refractivity contribution >= 4 is 23.4 Å². The summed E-state index contributed by atoms with van der Waals surface area (Å²) in [5.74, 6) is 0.181. The maximum Gasteiger partial charge on any atom is 0.235 e. The standard InChI is InChI=1S/C12H18N4OS/c1-9(12(17)16-6-4-14-5-7-16)18-11-3-2-10(13)8-15-11/h2-3,8-9,14H,4-7,13H2,1H3. The first-order valence-electron chi connectivity index (χ1n) is 6.04. The number of piperazine rings is 1. The van der Waals surface area contributed by atoms with Crippen LogP contribution in [0.5, 0.6) is 0 Å². The minimum atomic E-state index is -0.112. The van der Waals surface area contributed by atoms with Crippen LogP contribution in [0, 0.1) is 0 Å². The second kappa shape index (κ2) is 6.06. The number of nitrogens with two attached hydrogens (primary N) is 1. The van der Waals surface area contributed by atoms with Crippen molar-refractivity contribution in [3.63, 3.8) is 0 Å². The largest absolute Gasteiger partial charge is 0.397 e. The van der Waals surface area contributed by atoms with Gasteiger partial charge in [0.05, 0.1) is 22.2 Å². The van der Waals surface area contributed by atoms with E-state index < -0.39 is 0 Å². The zero-order valence-electron chi connectivity index (χ0n) is 10.4. The molecule has 0 bridgehead atoms. The molecule has 1 aliphatic rings. The lowest BCUT2D eigenvalue weighted by Gasteiger charge is -2.29. The summed E-state index contributed by atoms with van der Waals surface area (Å²) in [5, 5.41) is 3.96. The molecular formula is C12H18N4OS. The third kappa shape index (κ3) is 3.36. The smallest absolute Gasteiger partial charge is 0.235 e. The first kappa shape index (κ1) is 13.2. The molecule has 0 spiro atoms. The number of amides is 1. The van der Waals surface area contributed by atoms with E-state index in [0.29, 0.717) is 5.69 Å². The molecule has 98 valence electrons. The van der Waals surface area contributed by atoms with Crippen LogP contribution in [0.1, 0.15) is 6.92 Å². The molecule has 3 N–H and O–H groups in total. The SMILES string of the molecule is CC(Sc1ccc(N)cn1)C(=O)N1CCNCC1. The molecule has 1 aromatic rings. The van der Waals surface area contributed by atoms with Gasteiger partial charge in [-0.25, -0.2) is 4.98 Å². The topological polar surface area (TPSA) is 71.2 Å². The number of carbonyl (C=O) groups excluding carboxylic acids is 1. The molecular weight excluding hydrogens is 248 g/mol. The highest BCUT2D eigenvalue weighted by atomic mass is 32.2. The lowest BCUT2D eigenvalue weighted by Crippen LogP contribution is -2.48. The second-order valence-electron chi connectivity index (χ2n) is 4.27. The summed E-state index contributed by atoms with van der Waals surface area (Å²) in [7, 11) is 0. The van der Waals surface area contributed by atoms with Crippen LogP contribution in [-0.2, 0) is 4.79 Å². The number of hydrogen-bond donors (Lipinski definition) is 2. The summed E-state index contributed by atoms with van der Waals surface area (Å²) in [4.78, 5) is 18.3. The van der Waals surface area contributed by atoms with Crippen LogP contribution in [0.25, 0.3) is 0 Å². The fourth-order valence-electron chi connectivity index (χ4n) is 1.84. The quantitative estimate of drug-likeness (QED) is 0.783. The summed E-state index contributed by atoms with van der Waals surface area (Å²) in [6.45, 7) is 5.26. The minimum Gasteiger partial charge on any atom is -0.397 e. The number of carbonyl (C=O) groups is 1. The lowest BCUT2D eigenvalue weighted by atomic mass is 10.3. The predicted octanol–water partition coefficient (Wildman–Crippen LogP) is 0.576. The Bertz CT molecular complexity index is 403. The summed E-state index contributed by atoms with van der Waals surface area (Å²) < 4.78 is 0. The molecule has 1 saturated heterocycles. The normalized spacial score (nSPS) is 17.5. The molecule has 1 aliphatic heterocycles. The van der Waals surface area contributed by atoms with Crippen molar-refractivity contribution in [1.82, 2.24) is 15.2 Å². The summed E-state index contributed by atoms with van der Waals surface area (Å²) in [6, 6.07) is 3.65. The van der Waals surface area contributed by atoms with Gasteiger partial charge in [0, 0.05) is 26.2 Å². The molecule has 1 amide bonds. The van der Waals surface area contributed by atoms with Crippen molar-refractivity contribution in [3.05, 3.63) is 18.3 Å². The number of pyridine rings is 1. The van der Waals surface area contributed by atoms with E-state index in [1.807, 2.05) is 17.9 Å². The zero-order valence-corrected chi connectivity index (χ0v) is 11.2. The van der Waals surface area contributed by atoms with Crippen molar-refractivity contribution < 1.29 is 4.79 Å². The lowest BCUT2D eigenvalue weighted by molar-refractivity contribution is -0.130. The molecule has 0 radical (unpaired) electrons. The first-order chi connectivity index (χ1) is 8.66. The van der Waals surface area contributed by atoms with E-state index in [9.17, 15) is 4.79 Å². The molecule has 1 atom stereocenters. The van der Waals surface area contributed by atoms with Crippen LogP contribution in [0.15, 0.2) is 23.4 Å². The van der Waals surface area contributed by atoms with Crippen molar-refractivity contribution in [3.8, 4) is 0 Å². The van der Waals surface area contributed by atoms with Gasteiger partial charge in [0.2, 0.25) is 5.91 Å². The van der Waals surface area contributed by atoms with E-state index in [0.717, 1.165) is 31.2 Å². The molecule has 1 unspecified atom stereocenters. The van der Waals surface area contributed by atoms with Gasteiger partial charge in [-0.3, -0.25) is 4.79 Å². The van der Waals surface area contributed by atoms with Crippen molar-refractivity contribution in [2.75, 3.05) is 31.9 Å². The molecule has 2 rings (SSSR count). The van der Waals surface area contributed by atoms with Gasteiger partial charge < -0.3 is 16.0 Å². The van der Waals surface area contributed by atoms with E-state index in [2.05, 4.69) is 10.3 Å². The van der Waals surface area contributed by atoms with Crippen LogP contribution in [0.4, 0.5) is 5.69 Å². The van der Waals surface area contributed by atoms with Crippen molar-refractivity contribution in [1.29, 1.82) is 0 Å². The molecule has 2 heterocycles. The molecule has 0 saturated carbocycles. The maximum atomic E-state index is 12.2. The molecule has 5 nitrogen and oxygen atoms in total. The Morgan fingerprint density at radius 3 is 2.83 bits per heavy atom. The zero-order chi connectivity index (χ0) is 13.0. The maximum absolute atomic E-state index is 12.2. The molecule has 1 aromatic heterocycles.